The third-order valence-corrected chi connectivity index (χ3v) is 3.56. The van der Waals surface area contributed by atoms with Crippen molar-refractivity contribution in [2.75, 3.05) is 5.32 Å². The van der Waals surface area contributed by atoms with Crippen LogP contribution in [0.1, 0.15) is 32.3 Å². The Balaban J connectivity index is 2.59. The van der Waals surface area contributed by atoms with Gasteiger partial charge in [-0.2, -0.15) is 0 Å². The fourth-order valence-corrected chi connectivity index (χ4v) is 1.64. The van der Waals surface area contributed by atoms with Gasteiger partial charge in [-0.3, -0.25) is 4.79 Å². The number of carbonyl (C=O) groups is 1. The smallest absolute Gasteiger partial charge is 0.224 e. The first-order chi connectivity index (χ1) is 7.52. The Kier molecular flexibility index (Phi) is 5.00. The summed E-state index contributed by atoms with van der Waals surface area (Å²) in [7, 11) is 0. The molecule has 1 aromatic carbocycles. The van der Waals surface area contributed by atoms with Gasteiger partial charge in [0.05, 0.1) is 0 Å². The van der Waals surface area contributed by atoms with Gasteiger partial charge in [0.15, 0.2) is 0 Å². The van der Waals surface area contributed by atoms with Gasteiger partial charge < -0.3 is 5.32 Å². The maximum atomic E-state index is 11.7. The highest BCUT2D eigenvalue weighted by molar-refractivity contribution is 9.10. The molecule has 0 aliphatic rings. The van der Waals surface area contributed by atoms with E-state index in [0.29, 0.717) is 12.3 Å². The fourth-order valence-electron chi connectivity index (χ4n) is 1.40. The third kappa shape index (κ3) is 3.97. The quantitative estimate of drug-likeness (QED) is 0.884. The van der Waals surface area contributed by atoms with E-state index in [9.17, 15) is 4.79 Å². The van der Waals surface area contributed by atoms with E-state index in [1.54, 1.807) is 0 Å². The van der Waals surface area contributed by atoms with E-state index in [4.69, 9.17) is 0 Å². The van der Waals surface area contributed by atoms with Crippen LogP contribution in [0.3, 0.4) is 0 Å². The average Bonchev–Trinajstić information content (AvgIpc) is 2.23. The van der Waals surface area contributed by atoms with Crippen LogP contribution in [0.25, 0.3) is 0 Å². The number of anilines is 1. The van der Waals surface area contributed by atoms with E-state index >= 15 is 0 Å². The van der Waals surface area contributed by atoms with Crippen LogP contribution in [0.15, 0.2) is 22.7 Å². The number of rotatable bonds is 4. The number of carbonyl (C=O) groups excluding carboxylic acids is 1. The van der Waals surface area contributed by atoms with Crippen molar-refractivity contribution < 1.29 is 4.79 Å². The van der Waals surface area contributed by atoms with Crippen molar-refractivity contribution >= 4 is 27.5 Å². The van der Waals surface area contributed by atoms with Crippen molar-refractivity contribution in [2.45, 2.75) is 33.6 Å². The number of hydrogen-bond acceptors (Lipinski definition) is 1. The molecule has 1 aromatic rings. The van der Waals surface area contributed by atoms with Crippen molar-refractivity contribution in [1.82, 2.24) is 0 Å². The molecular formula is C13H18BrNO. The molecule has 0 saturated heterocycles. The summed E-state index contributed by atoms with van der Waals surface area (Å²) >= 11 is 3.43. The SMILES string of the molecule is CCC(C)CC(=O)Nc1ccc(Br)c(C)c1. The zero-order valence-electron chi connectivity index (χ0n) is 10.0. The van der Waals surface area contributed by atoms with E-state index < -0.39 is 0 Å². The molecule has 1 unspecified atom stereocenters. The van der Waals surface area contributed by atoms with Crippen molar-refractivity contribution in [3.05, 3.63) is 28.2 Å². The van der Waals surface area contributed by atoms with Gasteiger partial charge in [-0.15, -0.1) is 0 Å². The zero-order valence-corrected chi connectivity index (χ0v) is 11.6. The number of halogens is 1. The molecule has 0 radical (unpaired) electrons. The lowest BCUT2D eigenvalue weighted by molar-refractivity contribution is -0.117. The topological polar surface area (TPSA) is 29.1 Å². The second-order valence-electron chi connectivity index (χ2n) is 4.23. The monoisotopic (exact) mass is 283 g/mol. The van der Waals surface area contributed by atoms with E-state index in [1.165, 1.54) is 0 Å². The second kappa shape index (κ2) is 6.04. The van der Waals surface area contributed by atoms with Crippen LogP contribution in [0.5, 0.6) is 0 Å². The molecule has 0 spiro atoms. The van der Waals surface area contributed by atoms with Gasteiger partial charge in [-0.25, -0.2) is 0 Å². The van der Waals surface area contributed by atoms with E-state index in [1.807, 2.05) is 25.1 Å². The van der Waals surface area contributed by atoms with Gasteiger partial charge in [-0.05, 0) is 36.6 Å². The van der Waals surface area contributed by atoms with Gasteiger partial charge >= 0.3 is 0 Å². The largest absolute Gasteiger partial charge is 0.326 e. The summed E-state index contributed by atoms with van der Waals surface area (Å²) in [6.07, 6.45) is 1.62. The van der Waals surface area contributed by atoms with Crippen LogP contribution in [0.2, 0.25) is 0 Å². The molecule has 2 nitrogen and oxygen atoms in total. The number of amides is 1. The lowest BCUT2D eigenvalue weighted by Crippen LogP contribution is -2.14. The molecule has 0 aliphatic heterocycles. The molecule has 3 heteroatoms. The summed E-state index contributed by atoms with van der Waals surface area (Å²) in [6, 6.07) is 5.83. The molecule has 1 atom stereocenters. The molecule has 0 heterocycles. The predicted octanol–water partition coefficient (Wildman–Crippen LogP) is 4.13. The van der Waals surface area contributed by atoms with E-state index in [0.717, 1.165) is 22.1 Å². The number of benzene rings is 1. The van der Waals surface area contributed by atoms with Gasteiger partial charge in [0.1, 0.15) is 0 Å². The van der Waals surface area contributed by atoms with Gasteiger partial charge in [-0.1, -0.05) is 36.2 Å². The van der Waals surface area contributed by atoms with Crippen LogP contribution < -0.4 is 5.32 Å². The molecular weight excluding hydrogens is 266 g/mol. The van der Waals surface area contributed by atoms with Crippen molar-refractivity contribution in [3.63, 3.8) is 0 Å². The minimum Gasteiger partial charge on any atom is -0.326 e. The highest BCUT2D eigenvalue weighted by atomic mass is 79.9. The van der Waals surface area contributed by atoms with Crippen molar-refractivity contribution in [3.8, 4) is 0 Å². The van der Waals surface area contributed by atoms with Gasteiger partial charge in [0.2, 0.25) is 5.91 Å². The molecule has 16 heavy (non-hydrogen) atoms. The Morgan fingerprint density at radius 3 is 2.75 bits per heavy atom. The maximum Gasteiger partial charge on any atom is 0.224 e. The van der Waals surface area contributed by atoms with Crippen LogP contribution in [-0.2, 0) is 4.79 Å². The summed E-state index contributed by atoms with van der Waals surface area (Å²) in [5.41, 5.74) is 2.00. The minimum atomic E-state index is 0.0936. The highest BCUT2D eigenvalue weighted by Crippen LogP contribution is 2.20. The Hall–Kier alpha value is -0.830. The summed E-state index contributed by atoms with van der Waals surface area (Å²) in [6.45, 7) is 6.20. The van der Waals surface area contributed by atoms with E-state index in [-0.39, 0.29) is 5.91 Å². The predicted molar refractivity (Wildman–Crippen MR) is 71.6 cm³/mol. The van der Waals surface area contributed by atoms with Crippen LogP contribution in [-0.4, -0.2) is 5.91 Å². The van der Waals surface area contributed by atoms with Gasteiger partial charge in [0, 0.05) is 16.6 Å². The van der Waals surface area contributed by atoms with Crippen LogP contribution in [0.4, 0.5) is 5.69 Å². The maximum absolute atomic E-state index is 11.7. The molecule has 0 fully saturated rings. The number of hydrogen-bond donors (Lipinski definition) is 1. The minimum absolute atomic E-state index is 0.0936. The van der Waals surface area contributed by atoms with Crippen LogP contribution in [0, 0.1) is 12.8 Å². The highest BCUT2D eigenvalue weighted by Gasteiger charge is 2.07. The second-order valence-corrected chi connectivity index (χ2v) is 5.08. The molecule has 0 aliphatic carbocycles. The van der Waals surface area contributed by atoms with Gasteiger partial charge in [0.25, 0.3) is 0 Å². The summed E-state index contributed by atoms with van der Waals surface area (Å²) < 4.78 is 1.06. The summed E-state index contributed by atoms with van der Waals surface area (Å²) in [5.74, 6) is 0.535. The van der Waals surface area contributed by atoms with Crippen molar-refractivity contribution in [1.29, 1.82) is 0 Å². The first kappa shape index (κ1) is 13.2. The Morgan fingerprint density at radius 1 is 1.50 bits per heavy atom. The Labute approximate surface area is 106 Å². The standard InChI is InChI=1S/C13H18BrNO/c1-4-9(2)7-13(16)15-11-5-6-12(14)10(3)8-11/h5-6,8-9H,4,7H2,1-3H3,(H,15,16). The molecule has 0 aromatic heterocycles. The first-order valence-electron chi connectivity index (χ1n) is 5.59. The van der Waals surface area contributed by atoms with E-state index in [2.05, 4.69) is 35.1 Å². The average molecular weight is 284 g/mol. The van der Waals surface area contributed by atoms with Crippen LogP contribution >= 0.6 is 15.9 Å². The lowest BCUT2D eigenvalue weighted by Gasteiger charge is -2.10. The molecule has 0 bridgehead atoms. The third-order valence-electron chi connectivity index (χ3n) is 2.67. The Bertz CT molecular complexity index is 376. The zero-order chi connectivity index (χ0) is 12.1. The number of aryl methyl sites for hydroxylation is 1. The molecule has 1 amide bonds. The summed E-state index contributed by atoms with van der Waals surface area (Å²) in [5, 5.41) is 2.92. The summed E-state index contributed by atoms with van der Waals surface area (Å²) in [4.78, 5) is 11.7. The molecule has 88 valence electrons. The fraction of sp³-hybridized carbons (Fsp3) is 0.462. The normalized spacial score (nSPS) is 12.2. The Morgan fingerprint density at radius 2 is 2.19 bits per heavy atom. The molecule has 1 rings (SSSR count). The lowest BCUT2D eigenvalue weighted by atomic mass is 10.0. The first-order valence-corrected chi connectivity index (χ1v) is 6.38. The molecule has 1 N–H and O–H groups in total. The molecule has 0 saturated carbocycles. The van der Waals surface area contributed by atoms with Crippen molar-refractivity contribution in [2.24, 2.45) is 5.92 Å². The number of nitrogens with one attached hydrogen (secondary N) is 1.